The number of fused-ring (bicyclic) bond motifs is 2. The second-order valence-corrected chi connectivity index (χ2v) is 5.05. The molecule has 18 heavy (non-hydrogen) atoms. The summed E-state index contributed by atoms with van der Waals surface area (Å²) in [4.78, 5) is 13.9. The molecule has 0 aliphatic carbocycles. The van der Waals surface area contributed by atoms with Gasteiger partial charge in [-0.05, 0) is 12.1 Å². The summed E-state index contributed by atoms with van der Waals surface area (Å²) in [5, 5.41) is 10.5. The molecule has 92 valence electrons. The Bertz CT molecular complexity index is 568. The van der Waals surface area contributed by atoms with Crippen LogP contribution in [0, 0.1) is 5.92 Å². The number of anilines is 1. The first-order chi connectivity index (χ1) is 8.74. The highest BCUT2D eigenvalue weighted by atomic mass is 16.5. The van der Waals surface area contributed by atoms with Gasteiger partial charge in [-0.1, -0.05) is 18.2 Å². The van der Waals surface area contributed by atoms with Crippen LogP contribution in [0.4, 0.5) is 5.69 Å². The minimum Gasteiger partial charge on any atom is -0.475 e. The molecule has 1 N–H and O–H groups in total. The molecule has 1 aromatic rings. The van der Waals surface area contributed by atoms with Gasteiger partial charge in [-0.25, -0.2) is 0 Å². The Morgan fingerprint density at radius 2 is 2.22 bits per heavy atom. The van der Waals surface area contributed by atoms with E-state index in [0.717, 1.165) is 11.3 Å². The number of benzene rings is 1. The highest BCUT2D eigenvalue weighted by molar-refractivity contribution is 5.98. The van der Waals surface area contributed by atoms with Crippen LogP contribution in [0.3, 0.4) is 0 Å². The van der Waals surface area contributed by atoms with Gasteiger partial charge in [-0.3, -0.25) is 9.69 Å². The third kappa shape index (κ3) is 0.980. The Labute approximate surface area is 104 Å². The highest BCUT2D eigenvalue weighted by Crippen LogP contribution is 2.54. The number of amides is 1. The maximum absolute atomic E-state index is 12.2. The van der Waals surface area contributed by atoms with Crippen LogP contribution in [0.1, 0.15) is 24.5 Å². The number of nitrogens with zero attached hydrogens (tertiary/aromatic N) is 1. The summed E-state index contributed by atoms with van der Waals surface area (Å²) in [6.45, 7) is 0. The van der Waals surface area contributed by atoms with Crippen molar-refractivity contribution in [2.75, 3.05) is 4.90 Å². The van der Waals surface area contributed by atoms with Crippen molar-refractivity contribution in [2.45, 2.75) is 24.7 Å². The lowest BCUT2D eigenvalue weighted by Gasteiger charge is -2.45. The molecule has 0 bridgehead atoms. The Hall–Kier alpha value is -1.81. The lowest BCUT2D eigenvalue weighted by Crippen LogP contribution is -2.55. The van der Waals surface area contributed by atoms with E-state index in [1.165, 1.54) is 0 Å². The Balaban J connectivity index is 1.99. The number of aliphatic hydroxyl groups is 1. The first-order valence-corrected chi connectivity index (χ1v) is 6.18. The summed E-state index contributed by atoms with van der Waals surface area (Å²) in [6, 6.07) is 7.52. The molecule has 4 nitrogen and oxygen atoms in total. The van der Waals surface area contributed by atoms with Gasteiger partial charge in [0.1, 0.15) is 0 Å². The molecule has 1 saturated heterocycles. The molecule has 3 aliphatic rings. The average Bonchev–Trinajstić information content (AvgIpc) is 2.95. The molecule has 4 heteroatoms. The van der Waals surface area contributed by atoms with Gasteiger partial charge < -0.3 is 9.84 Å². The van der Waals surface area contributed by atoms with Gasteiger partial charge in [0.25, 0.3) is 0 Å². The monoisotopic (exact) mass is 243 g/mol. The standard InChI is InChI=1S/C14H13NO3/c16-12-5-7-14-10(6-8-18-14)13(17)9-3-1-2-4-11(9)15(12)14/h1-4,6,8,10,13,17H,5,7H2/t10-,13+,14-/m0/s1. The molecule has 1 spiro atoms. The van der Waals surface area contributed by atoms with E-state index >= 15 is 0 Å². The van der Waals surface area contributed by atoms with Crippen molar-refractivity contribution in [1.29, 1.82) is 0 Å². The van der Waals surface area contributed by atoms with Crippen LogP contribution in [-0.4, -0.2) is 16.7 Å². The van der Waals surface area contributed by atoms with Crippen molar-refractivity contribution in [2.24, 2.45) is 5.92 Å². The number of carbonyl (C=O) groups is 1. The molecule has 0 unspecified atom stereocenters. The number of para-hydroxylation sites is 1. The second kappa shape index (κ2) is 3.14. The first-order valence-electron chi connectivity index (χ1n) is 6.18. The smallest absolute Gasteiger partial charge is 0.230 e. The van der Waals surface area contributed by atoms with Crippen molar-refractivity contribution in [3.05, 3.63) is 42.2 Å². The van der Waals surface area contributed by atoms with E-state index < -0.39 is 11.8 Å². The molecule has 4 rings (SSSR count). The van der Waals surface area contributed by atoms with Crippen LogP contribution < -0.4 is 4.90 Å². The summed E-state index contributed by atoms with van der Waals surface area (Å²) < 4.78 is 5.73. The lowest BCUT2D eigenvalue weighted by molar-refractivity contribution is -0.119. The minimum atomic E-state index is -0.690. The molecule has 3 heterocycles. The van der Waals surface area contributed by atoms with Crippen LogP contribution in [0.5, 0.6) is 0 Å². The zero-order valence-electron chi connectivity index (χ0n) is 9.74. The van der Waals surface area contributed by atoms with E-state index in [9.17, 15) is 9.90 Å². The topological polar surface area (TPSA) is 49.8 Å². The number of rotatable bonds is 0. The van der Waals surface area contributed by atoms with Gasteiger partial charge in [-0.2, -0.15) is 0 Å². The van der Waals surface area contributed by atoms with Gasteiger partial charge in [0.15, 0.2) is 5.72 Å². The van der Waals surface area contributed by atoms with E-state index in [0.29, 0.717) is 12.8 Å². The Kier molecular flexibility index (Phi) is 1.77. The molecule has 0 saturated carbocycles. The minimum absolute atomic E-state index is 0.0723. The Morgan fingerprint density at radius 1 is 1.39 bits per heavy atom. The highest BCUT2D eigenvalue weighted by Gasteiger charge is 2.60. The van der Waals surface area contributed by atoms with Crippen LogP contribution in [0.25, 0.3) is 0 Å². The molecule has 3 atom stereocenters. The van der Waals surface area contributed by atoms with E-state index in [-0.39, 0.29) is 11.8 Å². The first kappa shape index (κ1) is 10.1. The van der Waals surface area contributed by atoms with Crippen LogP contribution in [0.2, 0.25) is 0 Å². The third-order valence-electron chi connectivity index (χ3n) is 4.24. The fourth-order valence-electron chi connectivity index (χ4n) is 3.44. The average molecular weight is 243 g/mol. The molecular formula is C14H13NO3. The number of ether oxygens (including phenoxy) is 1. The number of aliphatic hydroxyl groups excluding tert-OH is 1. The molecule has 1 amide bonds. The van der Waals surface area contributed by atoms with E-state index in [2.05, 4.69) is 0 Å². The fourth-order valence-corrected chi connectivity index (χ4v) is 3.44. The van der Waals surface area contributed by atoms with E-state index in [1.54, 1.807) is 11.2 Å². The van der Waals surface area contributed by atoms with Gasteiger partial charge in [-0.15, -0.1) is 0 Å². The normalized spacial score (nSPS) is 36.1. The SMILES string of the molecule is O=C1CC[C@]23OC=C[C@H]2[C@H](O)c2ccccc2N13. The number of hydrogen-bond acceptors (Lipinski definition) is 3. The molecule has 3 aliphatic heterocycles. The van der Waals surface area contributed by atoms with Gasteiger partial charge in [0.05, 0.1) is 24.0 Å². The fraction of sp³-hybridized carbons (Fsp3) is 0.357. The second-order valence-electron chi connectivity index (χ2n) is 5.05. The molecule has 1 aromatic carbocycles. The summed E-state index contributed by atoms with van der Waals surface area (Å²) in [5.41, 5.74) is 0.904. The van der Waals surface area contributed by atoms with Crippen LogP contribution in [0.15, 0.2) is 36.6 Å². The van der Waals surface area contributed by atoms with Crippen molar-refractivity contribution in [1.82, 2.24) is 0 Å². The van der Waals surface area contributed by atoms with Crippen molar-refractivity contribution < 1.29 is 14.6 Å². The number of hydrogen-bond donors (Lipinski definition) is 1. The van der Waals surface area contributed by atoms with Crippen molar-refractivity contribution in [3.8, 4) is 0 Å². The predicted molar refractivity (Wildman–Crippen MR) is 64.6 cm³/mol. The molecular weight excluding hydrogens is 230 g/mol. The molecule has 1 fully saturated rings. The molecule has 0 aromatic heterocycles. The van der Waals surface area contributed by atoms with Crippen LogP contribution in [-0.2, 0) is 9.53 Å². The van der Waals surface area contributed by atoms with Gasteiger partial charge in [0.2, 0.25) is 5.91 Å². The van der Waals surface area contributed by atoms with Crippen molar-refractivity contribution >= 4 is 11.6 Å². The summed E-state index contributed by atoms with van der Waals surface area (Å²) in [6.07, 6.45) is 3.98. The summed E-state index contributed by atoms with van der Waals surface area (Å²) >= 11 is 0. The van der Waals surface area contributed by atoms with Gasteiger partial charge >= 0.3 is 0 Å². The summed E-state index contributed by atoms with van der Waals surface area (Å²) in [7, 11) is 0. The van der Waals surface area contributed by atoms with Crippen molar-refractivity contribution in [3.63, 3.8) is 0 Å². The van der Waals surface area contributed by atoms with E-state index in [4.69, 9.17) is 4.74 Å². The third-order valence-corrected chi connectivity index (χ3v) is 4.24. The molecule has 0 radical (unpaired) electrons. The van der Waals surface area contributed by atoms with Crippen LogP contribution >= 0.6 is 0 Å². The zero-order chi connectivity index (χ0) is 12.3. The van der Waals surface area contributed by atoms with E-state index in [1.807, 2.05) is 30.3 Å². The predicted octanol–water partition coefficient (Wildman–Crippen LogP) is 1.72. The largest absolute Gasteiger partial charge is 0.475 e. The maximum atomic E-state index is 12.2. The quantitative estimate of drug-likeness (QED) is 0.754. The van der Waals surface area contributed by atoms with Gasteiger partial charge in [0, 0.05) is 18.4 Å². The zero-order valence-corrected chi connectivity index (χ0v) is 9.74. The summed E-state index contributed by atoms with van der Waals surface area (Å²) in [5.74, 6) is -0.0955. The number of carbonyl (C=O) groups excluding carboxylic acids is 1. The lowest BCUT2D eigenvalue weighted by atomic mass is 9.81. The maximum Gasteiger partial charge on any atom is 0.230 e. The Morgan fingerprint density at radius 3 is 3.11 bits per heavy atom.